The van der Waals surface area contributed by atoms with Crippen molar-refractivity contribution in [3.63, 3.8) is 0 Å². The first kappa shape index (κ1) is 16.1. The fraction of sp³-hybridized carbons (Fsp3) is 0.0526. The maximum Gasteiger partial charge on any atom is 0.203 e. The van der Waals surface area contributed by atoms with Gasteiger partial charge < -0.3 is 10.1 Å². The number of anilines is 1. The highest BCUT2D eigenvalue weighted by Gasteiger charge is 2.21. The van der Waals surface area contributed by atoms with Crippen LogP contribution in [0.4, 0.5) is 5.69 Å². The van der Waals surface area contributed by atoms with Crippen molar-refractivity contribution in [3.8, 4) is 5.75 Å². The lowest BCUT2D eigenvalue weighted by molar-refractivity contribution is -0.114. The number of hydrogen-bond donors (Lipinski definition) is 1. The summed E-state index contributed by atoms with van der Waals surface area (Å²) >= 11 is 1.29. The molecule has 0 fully saturated rings. The number of nitrogens with one attached hydrogen (secondary N) is 1. The van der Waals surface area contributed by atoms with Crippen LogP contribution in [0, 0.1) is 0 Å². The van der Waals surface area contributed by atoms with Crippen LogP contribution >= 0.6 is 11.8 Å². The topological polar surface area (TPSA) is 55.4 Å². The van der Waals surface area contributed by atoms with Crippen LogP contribution in [-0.4, -0.2) is 18.7 Å². The summed E-state index contributed by atoms with van der Waals surface area (Å²) in [6.07, 6.45) is 2.73. The van der Waals surface area contributed by atoms with Crippen LogP contribution in [0.3, 0.4) is 0 Å². The first-order valence-corrected chi connectivity index (χ1v) is 8.13. The summed E-state index contributed by atoms with van der Waals surface area (Å²) in [5, 5.41) is 2.98. The second-order valence-electron chi connectivity index (χ2n) is 5.06. The fourth-order valence-corrected chi connectivity index (χ4v) is 3.04. The Labute approximate surface area is 144 Å². The van der Waals surface area contributed by atoms with Crippen molar-refractivity contribution in [3.05, 3.63) is 77.4 Å². The Bertz CT molecular complexity index is 823. The predicted octanol–water partition coefficient (Wildman–Crippen LogP) is 3.82. The van der Waals surface area contributed by atoms with Crippen LogP contribution in [0.2, 0.25) is 0 Å². The molecule has 0 atom stereocenters. The molecule has 3 rings (SSSR count). The minimum absolute atomic E-state index is 0.181. The maximum atomic E-state index is 12.3. The summed E-state index contributed by atoms with van der Waals surface area (Å²) in [6.45, 7) is 0. The Morgan fingerprint density at radius 2 is 1.58 bits per heavy atom. The van der Waals surface area contributed by atoms with Crippen LogP contribution in [0.1, 0.15) is 0 Å². The molecule has 0 saturated heterocycles. The highest BCUT2D eigenvalue weighted by molar-refractivity contribution is 8.04. The number of rotatable bonds is 5. The van der Waals surface area contributed by atoms with Crippen molar-refractivity contribution >= 4 is 29.0 Å². The molecule has 0 radical (unpaired) electrons. The summed E-state index contributed by atoms with van der Waals surface area (Å²) in [6, 6.07) is 16.6. The summed E-state index contributed by atoms with van der Waals surface area (Å²) in [4.78, 5) is 25.9. The van der Waals surface area contributed by atoms with E-state index in [1.807, 2.05) is 30.3 Å². The van der Waals surface area contributed by atoms with E-state index in [1.165, 1.54) is 23.9 Å². The number of benzene rings is 2. The van der Waals surface area contributed by atoms with Crippen LogP contribution in [0.15, 0.2) is 82.2 Å². The number of methoxy groups -OCH3 is 1. The van der Waals surface area contributed by atoms with Gasteiger partial charge in [-0.15, -0.1) is 0 Å². The van der Waals surface area contributed by atoms with Gasteiger partial charge in [-0.2, -0.15) is 0 Å². The van der Waals surface area contributed by atoms with Gasteiger partial charge in [-0.1, -0.05) is 30.0 Å². The molecule has 0 aliphatic heterocycles. The van der Waals surface area contributed by atoms with E-state index in [4.69, 9.17) is 4.74 Å². The van der Waals surface area contributed by atoms with Crippen molar-refractivity contribution in [2.75, 3.05) is 12.4 Å². The number of allylic oxidation sites excluding steroid dienone is 3. The summed E-state index contributed by atoms with van der Waals surface area (Å²) in [5.74, 6) is 0.324. The summed E-state index contributed by atoms with van der Waals surface area (Å²) in [7, 11) is 1.59. The zero-order valence-corrected chi connectivity index (χ0v) is 13.8. The van der Waals surface area contributed by atoms with Crippen molar-refractivity contribution in [1.82, 2.24) is 0 Å². The van der Waals surface area contributed by atoms with Crippen LogP contribution in [-0.2, 0) is 9.59 Å². The molecule has 4 nitrogen and oxygen atoms in total. The normalized spacial score (nSPS) is 14.0. The molecule has 0 aromatic heterocycles. The first-order valence-electron chi connectivity index (χ1n) is 7.32. The molecule has 0 heterocycles. The molecule has 0 saturated carbocycles. The number of hydrogen-bond acceptors (Lipinski definition) is 5. The van der Waals surface area contributed by atoms with E-state index >= 15 is 0 Å². The van der Waals surface area contributed by atoms with E-state index in [9.17, 15) is 9.59 Å². The Hall–Kier alpha value is -2.79. The molecular weight excluding hydrogens is 322 g/mol. The number of ether oxygens (including phenoxy) is 1. The fourth-order valence-electron chi connectivity index (χ4n) is 2.16. The van der Waals surface area contributed by atoms with E-state index in [1.54, 1.807) is 31.4 Å². The molecule has 2 aromatic carbocycles. The largest absolute Gasteiger partial charge is 0.497 e. The minimum Gasteiger partial charge on any atom is -0.497 e. The van der Waals surface area contributed by atoms with Crippen molar-refractivity contribution in [2.24, 2.45) is 0 Å². The Balaban J connectivity index is 1.72. The van der Waals surface area contributed by atoms with Gasteiger partial charge in [-0.3, -0.25) is 9.59 Å². The molecule has 5 heteroatoms. The number of thioether (sulfide) groups is 1. The van der Waals surface area contributed by atoms with Gasteiger partial charge in [-0.05, 0) is 36.4 Å². The molecule has 1 aliphatic rings. The van der Waals surface area contributed by atoms with Gasteiger partial charge in [-0.25, -0.2) is 0 Å². The molecule has 0 unspecified atom stereocenters. The van der Waals surface area contributed by atoms with Gasteiger partial charge in [0.15, 0.2) is 5.78 Å². The average molecular weight is 337 g/mol. The zero-order chi connectivity index (χ0) is 16.9. The summed E-state index contributed by atoms with van der Waals surface area (Å²) < 4.78 is 5.09. The van der Waals surface area contributed by atoms with Crippen molar-refractivity contribution in [2.45, 2.75) is 4.90 Å². The minimum atomic E-state index is -0.219. The standard InChI is InChI=1S/C19H15NO3S/c1-23-14-9-7-13(8-10-14)20-16-11-18(22)19(12-17(16)21)24-15-5-3-2-4-6-15/h2-12,20H,1H3. The van der Waals surface area contributed by atoms with Crippen LogP contribution in [0.5, 0.6) is 5.75 Å². The van der Waals surface area contributed by atoms with Crippen LogP contribution < -0.4 is 10.1 Å². The molecule has 120 valence electrons. The van der Waals surface area contributed by atoms with Gasteiger partial charge >= 0.3 is 0 Å². The molecule has 0 bridgehead atoms. The smallest absolute Gasteiger partial charge is 0.203 e. The first-order chi connectivity index (χ1) is 11.7. The van der Waals surface area contributed by atoms with Gasteiger partial charge in [0.25, 0.3) is 0 Å². The lowest BCUT2D eigenvalue weighted by atomic mass is 10.1. The molecular formula is C19H15NO3S. The lowest BCUT2D eigenvalue weighted by Crippen LogP contribution is -2.17. The quantitative estimate of drug-likeness (QED) is 0.841. The second-order valence-corrected chi connectivity index (χ2v) is 6.18. The highest BCUT2D eigenvalue weighted by atomic mass is 32.2. The monoisotopic (exact) mass is 337 g/mol. The highest BCUT2D eigenvalue weighted by Crippen LogP contribution is 2.30. The molecule has 0 amide bonds. The third-order valence-electron chi connectivity index (χ3n) is 3.39. The summed E-state index contributed by atoms with van der Waals surface area (Å²) in [5.41, 5.74) is 0.985. The predicted molar refractivity (Wildman–Crippen MR) is 95.1 cm³/mol. The van der Waals surface area contributed by atoms with E-state index in [-0.39, 0.29) is 17.3 Å². The SMILES string of the molecule is COc1ccc(NC2=CC(=O)C(Sc3ccccc3)=CC2=O)cc1. The van der Waals surface area contributed by atoms with Gasteiger partial charge in [0.1, 0.15) is 5.75 Å². The van der Waals surface area contributed by atoms with Gasteiger partial charge in [0, 0.05) is 22.7 Å². The zero-order valence-electron chi connectivity index (χ0n) is 13.0. The van der Waals surface area contributed by atoms with Crippen molar-refractivity contribution in [1.29, 1.82) is 0 Å². The van der Waals surface area contributed by atoms with Gasteiger partial charge in [0.05, 0.1) is 17.7 Å². The third-order valence-corrected chi connectivity index (χ3v) is 4.43. The Morgan fingerprint density at radius 3 is 2.25 bits per heavy atom. The average Bonchev–Trinajstić information content (AvgIpc) is 2.61. The molecule has 24 heavy (non-hydrogen) atoms. The van der Waals surface area contributed by atoms with E-state index in [0.29, 0.717) is 4.91 Å². The van der Waals surface area contributed by atoms with E-state index in [2.05, 4.69) is 5.32 Å². The van der Waals surface area contributed by atoms with E-state index in [0.717, 1.165) is 16.3 Å². The molecule has 2 aromatic rings. The molecule has 1 N–H and O–H groups in total. The van der Waals surface area contributed by atoms with Crippen molar-refractivity contribution < 1.29 is 14.3 Å². The molecule has 1 aliphatic carbocycles. The number of ketones is 2. The second kappa shape index (κ2) is 7.19. The lowest BCUT2D eigenvalue weighted by Gasteiger charge is -2.14. The number of carbonyl (C=O) groups is 2. The Morgan fingerprint density at radius 1 is 0.875 bits per heavy atom. The van der Waals surface area contributed by atoms with Crippen LogP contribution in [0.25, 0.3) is 0 Å². The third kappa shape index (κ3) is 3.75. The molecule has 0 spiro atoms. The Kier molecular flexibility index (Phi) is 4.82. The maximum absolute atomic E-state index is 12.3. The van der Waals surface area contributed by atoms with Gasteiger partial charge in [0.2, 0.25) is 5.78 Å². The number of carbonyl (C=O) groups excluding carboxylic acids is 2. The van der Waals surface area contributed by atoms with E-state index < -0.39 is 0 Å².